The zero-order chi connectivity index (χ0) is 55.1. The van der Waals surface area contributed by atoms with Crippen LogP contribution in [0.2, 0.25) is 0 Å². The van der Waals surface area contributed by atoms with Crippen LogP contribution in [0.15, 0.2) is 30.3 Å². The highest BCUT2D eigenvalue weighted by atomic mass is 16.5. The van der Waals surface area contributed by atoms with Gasteiger partial charge in [-0.3, -0.25) is 43.2 Å². The quantitative estimate of drug-likeness (QED) is 0.264. The van der Waals surface area contributed by atoms with Gasteiger partial charge >= 0.3 is 0 Å². The fraction of sp³-hybridized carbons (Fsp3) is 0.717. The van der Waals surface area contributed by atoms with Crippen LogP contribution in [0.25, 0.3) is 0 Å². The Hall–Kier alpha value is -5.63. The number of rotatable bonds is 10. The Kier molecular flexibility index (Phi) is 23.8. The molecule has 0 aromatic heterocycles. The van der Waals surface area contributed by atoms with Crippen LogP contribution in [-0.2, 0) is 54.3 Å². The van der Waals surface area contributed by atoms with Gasteiger partial charge in [0, 0.05) is 67.7 Å². The normalized spacial score (nSPS) is 25.7. The van der Waals surface area contributed by atoms with E-state index in [9.17, 15) is 48.3 Å². The minimum Gasteiger partial charge on any atom is -0.391 e. The number of ether oxygens (including phenoxy) is 1. The molecule has 0 unspecified atom stereocenters. The van der Waals surface area contributed by atoms with Crippen LogP contribution in [0.5, 0.6) is 0 Å². The van der Waals surface area contributed by atoms with E-state index in [1.165, 1.54) is 68.7 Å². The van der Waals surface area contributed by atoms with Crippen molar-refractivity contribution in [2.24, 2.45) is 11.8 Å². The first kappa shape index (κ1) is 61.7. The zero-order valence-corrected chi connectivity index (χ0v) is 46.1. The van der Waals surface area contributed by atoms with Gasteiger partial charge in [0.25, 0.3) is 0 Å². The van der Waals surface area contributed by atoms with E-state index in [2.05, 4.69) is 16.0 Å². The Labute approximate surface area is 433 Å². The zero-order valence-electron chi connectivity index (χ0n) is 46.1. The van der Waals surface area contributed by atoms with Crippen LogP contribution in [0, 0.1) is 11.8 Å². The van der Waals surface area contributed by atoms with Crippen molar-refractivity contribution in [3.05, 3.63) is 35.9 Å². The molecular weight excluding hydrogens is 939 g/mol. The molecule has 0 saturated carbocycles. The summed E-state index contributed by atoms with van der Waals surface area (Å²) >= 11 is 0. The number of aliphatic hydroxyl groups excluding tert-OH is 1. The summed E-state index contributed by atoms with van der Waals surface area (Å²) in [6.45, 7) is 16.2. The Bertz CT molecular complexity index is 2060. The van der Waals surface area contributed by atoms with Gasteiger partial charge in [-0.1, -0.05) is 58.0 Å². The molecule has 0 spiro atoms. The number of likely N-dealkylation sites (N-methyl/N-ethyl adjacent to an activating group) is 4. The maximum absolute atomic E-state index is 14.9. The molecule has 1 aromatic carbocycles. The summed E-state index contributed by atoms with van der Waals surface area (Å²) in [4.78, 5) is 137. The fourth-order valence-electron chi connectivity index (χ4n) is 8.89. The van der Waals surface area contributed by atoms with Crippen molar-refractivity contribution in [2.75, 3.05) is 61.5 Å². The van der Waals surface area contributed by atoms with Gasteiger partial charge in [0.1, 0.15) is 42.3 Å². The number of nitrogens with one attached hydrogen (secondary N) is 3. The van der Waals surface area contributed by atoms with Crippen LogP contribution in [0.4, 0.5) is 0 Å². The first-order valence-electron chi connectivity index (χ1n) is 25.9. The van der Waals surface area contributed by atoms with E-state index in [0.29, 0.717) is 18.7 Å². The van der Waals surface area contributed by atoms with Crippen LogP contribution in [0.3, 0.4) is 0 Å². The molecule has 73 heavy (non-hydrogen) atoms. The second-order valence-electron chi connectivity index (χ2n) is 21.8. The van der Waals surface area contributed by atoms with Crippen molar-refractivity contribution in [1.82, 2.24) is 45.3 Å². The second-order valence-corrected chi connectivity index (χ2v) is 21.8. The number of hydrogen-bond donors (Lipinski definition) is 4. The fourth-order valence-corrected chi connectivity index (χ4v) is 8.89. The third-order valence-electron chi connectivity index (χ3n) is 13.7. The Morgan fingerprint density at radius 3 is 1.78 bits per heavy atom. The first-order valence-corrected chi connectivity index (χ1v) is 25.9. The lowest BCUT2D eigenvalue weighted by molar-refractivity contribution is -0.152. The number of likely N-dealkylation sites (tertiary alicyclic amines) is 1. The number of benzene rings is 1. The number of carbonyl (C=O) groups is 9. The number of aliphatic hydroxyl groups is 1. The molecule has 2 heterocycles. The summed E-state index contributed by atoms with van der Waals surface area (Å²) in [7, 11) is 7.23. The molecule has 4 N–H and O–H groups in total. The summed E-state index contributed by atoms with van der Waals surface area (Å²) in [6, 6.07) is -0.0320. The minimum absolute atomic E-state index is 0.0404. The highest BCUT2D eigenvalue weighted by Gasteiger charge is 2.41. The topological polar surface area (TPSA) is 239 Å². The Morgan fingerprint density at radius 2 is 1.22 bits per heavy atom. The molecule has 20 heteroatoms. The molecule has 0 bridgehead atoms. The monoisotopic (exact) mass is 1030 g/mol. The summed E-state index contributed by atoms with van der Waals surface area (Å²) in [5.74, 6) is -5.89. The van der Waals surface area contributed by atoms with Crippen LogP contribution < -0.4 is 16.0 Å². The van der Waals surface area contributed by atoms with Gasteiger partial charge in [-0.2, -0.15) is 0 Å². The molecule has 20 nitrogen and oxygen atoms in total. The number of amides is 9. The average molecular weight is 1030 g/mol. The molecular formula is C53H87N9O11. The summed E-state index contributed by atoms with van der Waals surface area (Å²) in [6.07, 6.45) is 1.04. The van der Waals surface area contributed by atoms with Crippen molar-refractivity contribution in [1.29, 1.82) is 0 Å². The highest BCUT2D eigenvalue weighted by Crippen LogP contribution is 2.21. The Morgan fingerprint density at radius 1 is 0.658 bits per heavy atom. The first-order chi connectivity index (χ1) is 34.1. The molecule has 2 aliphatic rings. The van der Waals surface area contributed by atoms with Crippen molar-refractivity contribution in [3.63, 3.8) is 0 Å². The standard InChI is InChI=1S/C53H87N9O11/c1-33(2)28-40-47(67)54-38(50(70)62-26-19-16-20-27-62)31-44(65)57(10)25-21-24-43(64)59(12)41(30-37-22-17-15-18-23-37)48(68)56-45(36(6)63)52(72)58(11)35(5)46(66)55-39(32-73-53(7,8)9)49(69)61(14)42(29-34(3)4)51(71)60(40)13/h15,17-18,22-23,33-36,38-42,45,63H,16,19-21,24-32H2,1-14H3,(H,54,67)(H,55,66)(H,56,68)/t35-,36+,38-,39-,40-,41-,42-,45-/m0/s1. The molecule has 8 atom stereocenters. The predicted octanol–water partition coefficient (Wildman–Crippen LogP) is 1.95. The SMILES string of the molecule is CC(C)C[C@H]1C(=O)N(C)[C@@H](CC(C)C)C(=O)N[C@H](C(=O)N2CCCCC2)CC(=O)N(C)CCCC(=O)N(C)[C@@H](Cc2ccccc2)C(=O)N[C@@H]([C@@H](C)O)C(=O)N(C)[C@@H](C)C(=O)N[C@@H](COC(C)(C)C)C(=O)N1C. The summed E-state index contributed by atoms with van der Waals surface area (Å²) in [5.41, 5.74) is -0.0752. The van der Waals surface area contributed by atoms with Crippen molar-refractivity contribution in [3.8, 4) is 0 Å². The number of nitrogens with zero attached hydrogens (tertiary/aromatic N) is 6. The van der Waals surface area contributed by atoms with Gasteiger partial charge in [0.2, 0.25) is 53.2 Å². The third kappa shape index (κ3) is 18.4. The smallest absolute Gasteiger partial charge is 0.248 e. The molecule has 9 amide bonds. The maximum atomic E-state index is 14.9. The van der Waals surface area contributed by atoms with E-state index in [4.69, 9.17) is 4.74 Å². The van der Waals surface area contributed by atoms with Crippen LogP contribution in [0.1, 0.15) is 119 Å². The van der Waals surface area contributed by atoms with Gasteiger partial charge in [0.05, 0.1) is 24.7 Å². The molecule has 2 aliphatic heterocycles. The van der Waals surface area contributed by atoms with E-state index >= 15 is 0 Å². The van der Waals surface area contributed by atoms with Gasteiger partial charge in [-0.25, -0.2) is 0 Å². The number of hydrogen-bond acceptors (Lipinski definition) is 11. The van der Waals surface area contributed by atoms with Gasteiger partial charge in [-0.15, -0.1) is 0 Å². The van der Waals surface area contributed by atoms with E-state index in [1.54, 1.807) is 56.0 Å². The highest BCUT2D eigenvalue weighted by molar-refractivity contribution is 5.98. The molecule has 1 aromatic rings. The Balaban J connectivity index is 2.20. The molecule has 3 rings (SSSR count). The van der Waals surface area contributed by atoms with E-state index < -0.39 is 114 Å². The van der Waals surface area contributed by atoms with Crippen molar-refractivity contribution < 1.29 is 53.0 Å². The van der Waals surface area contributed by atoms with E-state index in [1.807, 2.05) is 27.7 Å². The molecule has 2 fully saturated rings. The lowest BCUT2D eigenvalue weighted by atomic mass is 9.97. The summed E-state index contributed by atoms with van der Waals surface area (Å²) < 4.78 is 6.04. The lowest BCUT2D eigenvalue weighted by Gasteiger charge is -2.38. The van der Waals surface area contributed by atoms with Gasteiger partial charge < -0.3 is 55.2 Å². The van der Waals surface area contributed by atoms with E-state index in [0.717, 1.165) is 24.2 Å². The van der Waals surface area contributed by atoms with Crippen LogP contribution >= 0.6 is 0 Å². The largest absolute Gasteiger partial charge is 0.391 e. The van der Waals surface area contributed by atoms with Gasteiger partial charge in [-0.05, 0) is 90.5 Å². The predicted molar refractivity (Wildman–Crippen MR) is 276 cm³/mol. The van der Waals surface area contributed by atoms with Crippen molar-refractivity contribution in [2.45, 2.75) is 174 Å². The van der Waals surface area contributed by atoms with E-state index in [-0.39, 0.29) is 57.1 Å². The average Bonchev–Trinajstić information content (AvgIpc) is 3.34. The second kappa shape index (κ2) is 28.2. The molecule has 0 aliphatic carbocycles. The van der Waals surface area contributed by atoms with Gasteiger partial charge in [0.15, 0.2) is 0 Å². The molecule has 0 radical (unpaired) electrons. The van der Waals surface area contributed by atoms with Crippen molar-refractivity contribution >= 4 is 53.2 Å². The summed E-state index contributed by atoms with van der Waals surface area (Å²) in [5, 5.41) is 19.2. The van der Waals surface area contributed by atoms with Crippen LogP contribution in [-0.4, -0.2) is 203 Å². The molecule has 410 valence electrons. The maximum Gasteiger partial charge on any atom is 0.248 e. The number of carbonyl (C=O) groups excluding carboxylic acids is 9. The third-order valence-corrected chi connectivity index (χ3v) is 13.7. The number of piperidine rings is 1. The lowest BCUT2D eigenvalue weighted by Crippen LogP contribution is -2.62. The minimum atomic E-state index is -1.57. The molecule has 2 saturated heterocycles.